The third-order valence-electron chi connectivity index (χ3n) is 12.7. The van der Waals surface area contributed by atoms with Crippen molar-refractivity contribution < 1.29 is 0 Å². The lowest BCUT2D eigenvalue weighted by Gasteiger charge is -2.28. The summed E-state index contributed by atoms with van der Waals surface area (Å²) in [6.07, 6.45) is 0. The molecule has 2 heteroatoms. The fourth-order valence-electron chi connectivity index (χ4n) is 9.46. The molecule has 12 rings (SSSR count). The molecule has 0 aliphatic heterocycles. The molecule has 11 aromatic carbocycles. The van der Waals surface area contributed by atoms with Crippen molar-refractivity contribution in [3.8, 4) is 55.6 Å². The Morgan fingerprint density at radius 3 is 1.53 bits per heavy atom. The molecule has 0 aliphatic carbocycles. The number of hydrogen-bond acceptors (Lipinski definition) is 2. The molecule has 0 saturated heterocycles. The first-order valence-corrected chi connectivity index (χ1v) is 22.7. The Bertz CT molecular complexity index is 3650. The second-order valence-electron chi connectivity index (χ2n) is 16.5. The zero-order chi connectivity index (χ0) is 42.4. The van der Waals surface area contributed by atoms with Crippen LogP contribution in [0.4, 0.5) is 17.1 Å². The number of rotatable bonds is 8. The molecule has 1 nitrogen and oxygen atoms in total. The van der Waals surface area contributed by atoms with E-state index in [2.05, 4.69) is 254 Å². The predicted molar refractivity (Wildman–Crippen MR) is 276 cm³/mol. The van der Waals surface area contributed by atoms with Gasteiger partial charge in [-0.25, -0.2) is 0 Å². The normalized spacial score (nSPS) is 11.4. The molecule has 1 heterocycles. The summed E-state index contributed by atoms with van der Waals surface area (Å²) in [5.41, 5.74) is 15.4. The largest absolute Gasteiger partial charge is 0.310 e. The van der Waals surface area contributed by atoms with Gasteiger partial charge in [0.1, 0.15) is 0 Å². The molecule has 0 saturated carbocycles. The minimum atomic E-state index is 1.09. The van der Waals surface area contributed by atoms with Crippen LogP contribution in [0.1, 0.15) is 0 Å². The maximum absolute atomic E-state index is 2.42. The van der Waals surface area contributed by atoms with Crippen LogP contribution in [0.5, 0.6) is 0 Å². The average molecular weight is 832 g/mol. The van der Waals surface area contributed by atoms with Gasteiger partial charge in [0.25, 0.3) is 0 Å². The van der Waals surface area contributed by atoms with E-state index in [0.29, 0.717) is 0 Å². The van der Waals surface area contributed by atoms with Crippen molar-refractivity contribution in [2.45, 2.75) is 0 Å². The summed E-state index contributed by atoms with van der Waals surface area (Å²) >= 11 is 1.88. The van der Waals surface area contributed by atoms with Crippen molar-refractivity contribution >= 4 is 70.1 Å². The molecule has 0 N–H and O–H groups in total. The van der Waals surface area contributed by atoms with Gasteiger partial charge in [0, 0.05) is 42.7 Å². The van der Waals surface area contributed by atoms with Crippen molar-refractivity contribution in [1.82, 2.24) is 0 Å². The van der Waals surface area contributed by atoms with Gasteiger partial charge in [0.2, 0.25) is 0 Å². The molecule has 0 spiro atoms. The fourth-order valence-corrected chi connectivity index (χ4v) is 10.7. The van der Waals surface area contributed by atoms with Crippen LogP contribution in [-0.4, -0.2) is 0 Å². The summed E-state index contributed by atoms with van der Waals surface area (Å²) in [5.74, 6) is 0. The number of fused-ring (bicyclic) bond motifs is 5. The second-order valence-corrected chi connectivity index (χ2v) is 17.5. The number of nitrogens with zero attached hydrogens (tertiary/aromatic N) is 1. The first-order valence-electron chi connectivity index (χ1n) is 21.9. The van der Waals surface area contributed by atoms with Crippen molar-refractivity contribution in [3.63, 3.8) is 0 Å². The van der Waals surface area contributed by atoms with Gasteiger partial charge >= 0.3 is 0 Å². The van der Waals surface area contributed by atoms with Crippen LogP contribution in [0.15, 0.2) is 249 Å². The first-order chi connectivity index (χ1) is 31.7. The van der Waals surface area contributed by atoms with Crippen molar-refractivity contribution in [3.05, 3.63) is 249 Å². The molecule has 0 bridgehead atoms. The Morgan fingerprint density at radius 1 is 0.266 bits per heavy atom. The summed E-state index contributed by atoms with van der Waals surface area (Å²) < 4.78 is 2.61. The minimum Gasteiger partial charge on any atom is -0.310 e. The maximum Gasteiger partial charge on any atom is 0.0540 e. The monoisotopic (exact) mass is 831 g/mol. The fraction of sp³-hybridized carbons (Fsp3) is 0. The minimum absolute atomic E-state index is 1.09. The van der Waals surface area contributed by atoms with Crippen LogP contribution in [0.3, 0.4) is 0 Å². The van der Waals surface area contributed by atoms with Crippen LogP contribution in [0.25, 0.3) is 97.4 Å². The predicted octanol–water partition coefficient (Wildman–Crippen LogP) is 18.2. The molecule has 0 fully saturated rings. The Balaban J connectivity index is 0.935. The third kappa shape index (κ3) is 6.82. The van der Waals surface area contributed by atoms with Crippen LogP contribution >= 0.6 is 11.3 Å². The van der Waals surface area contributed by atoms with E-state index in [1.807, 2.05) is 11.3 Å². The standard InChI is InChI=1S/C62H41NS/c1-2-14-48-41-51(31-28-42(48)12-1)50-17-9-16-49(40-50)45-34-38-53(39-35-45)63(60-24-7-5-19-56(60)58-22-11-23-59-57-20-6-8-25-61(57)64-62(58)59)52-36-32-44(33-37-52)43-26-29-47(30-27-43)55-21-10-15-46-13-3-4-18-54(46)55/h1-41H. The lowest BCUT2D eigenvalue weighted by molar-refractivity contribution is 1.28. The van der Waals surface area contributed by atoms with Gasteiger partial charge in [-0.2, -0.15) is 0 Å². The van der Waals surface area contributed by atoms with Gasteiger partial charge in [0.15, 0.2) is 0 Å². The van der Waals surface area contributed by atoms with Gasteiger partial charge in [0.05, 0.1) is 5.69 Å². The number of para-hydroxylation sites is 1. The van der Waals surface area contributed by atoms with Gasteiger partial charge in [-0.05, 0) is 115 Å². The van der Waals surface area contributed by atoms with E-state index in [0.717, 1.165) is 17.1 Å². The highest BCUT2D eigenvalue weighted by Gasteiger charge is 2.20. The lowest BCUT2D eigenvalue weighted by atomic mass is 9.96. The van der Waals surface area contributed by atoms with Gasteiger partial charge in [-0.1, -0.05) is 200 Å². The number of anilines is 3. The van der Waals surface area contributed by atoms with Crippen LogP contribution in [0.2, 0.25) is 0 Å². The Morgan fingerprint density at radius 2 is 0.750 bits per heavy atom. The number of hydrogen-bond donors (Lipinski definition) is 0. The molecule has 64 heavy (non-hydrogen) atoms. The van der Waals surface area contributed by atoms with Crippen molar-refractivity contribution in [2.75, 3.05) is 4.90 Å². The molecule has 0 atom stereocenters. The smallest absolute Gasteiger partial charge is 0.0540 e. The number of thiophene rings is 1. The highest BCUT2D eigenvalue weighted by Crippen LogP contribution is 2.46. The Hall–Kier alpha value is -8.04. The highest BCUT2D eigenvalue weighted by molar-refractivity contribution is 7.26. The third-order valence-corrected chi connectivity index (χ3v) is 13.9. The Kier molecular flexibility index (Phi) is 9.43. The molecule has 12 aromatic rings. The molecule has 1 aromatic heterocycles. The summed E-state index contributed by atoms with van der Waals surface area (Å²) in [6, 6.07) is 90.9. The SMILES string of the molecule is c1cc(-c2ccc(N(c3ccc(-c4ccc(-c5cccc6ccccc56)cc4)cc3)c3ccccc3-c3cccc4c3sc3ccccc34)cc2)cc(-c2ccc3ccccc3c2)c1. The topological polar surface area (TPSA) is 3.24 Å². The van der Waals surface area contributed by atoms with Crippen molar-refractivity contribution in [1.29, 1.82) is 0 Å². The maximum atomic E-state index is 2.42. The highest BCUT2D eigenvalue weighted by atomic mass is 32.1. The van der Waals surface area contributed by atoms with E-state index >= 15 is 0 Å². The van der Waals surface area contributed by atoms with Gasteiger partial charge in [-0.15, -0.1) is 11.3 Å². The van der Waals surface area contributed by atoms with E-state index in [4.69, 9.17) is 0 Å². The van der Waals surface area contributed by atoms with Crippen LogP contribution < -0.4 is 4.90 Å². The van der Waals surface area contributed by atoms with Crippen LogP contribution in [0, 0.1) is 0 Å². The van der Waals surface area contributed by atoms with E-state index in [-0.39, 0.29) is 0 Å². The Labute approximate surface area is 377 Å². The lowest BCUT2D eigenvalue weighted by Crippen LogP contribution is -2.11. The van der Waals surface area contributed by atoms with Crippen molar-refractivity contribution in [2.24, 2.45) is 0 Å². The molecule has 0 radical (unpaired) electrons. The summed E-state index contributed by atoms with van der Waals surface area (Å²) in [7, 11) is 0. The number of benzene rings is 11. The summed E-state index contributed by atoms with van der Waals surface area (Å²) in [6.45, 7) is 0. The first kappa shape index (κ1) is 37.7. The van der Waals surface area contributed by atoms with Crippen LogP contribution in [-0.2, 0) is 0 Å². The molecule has 0 aliphatic rings. The summed E-state index contributed by atoms with van der Waals surface area (Å²) in [4.78, 5) is 2.42. The average Bonchev–Trinajstić information content (AvgIpc) is 3.76. The quantitative estimate of drug-likeness (QED) is 0.147. The van der Waals surface area contributed by atoms with E-state index < -0.39 is 0 Å². The van der Waals surface area contributed by atoms with Gasteiger partial charge in [-0.3, -0.25) is 0 Å². The van der Waals surface area contributed by atoms with E-state index in [1.54, 1.807) is 0 Å². The van der Waals surface area contributed by atoms with E-state index in [1.165, 1.54) is 97.4 Å². The summed E-state index contributed by atoms with van der Waals surface area (Å²) in [5, 5.41) is 7.64. The molecule has 300 valence electrons. The molecular formula is C62H41NS. The van der Waals surface area contributed by atoms with Gasteiger partial charge < -0.3 is 4.90 Å². The zero-order valence-electron chi connectivity index (χ0n) is 35.0. The molecule has 0 amide bonds. The van der Waals surface area contributed by atoms with E-state index in [9.17, 15) is 0 Å². The molecular weight excluding hydrogens is 791 g/mol. The molecule has 0 unspecified atom stereocenters. The zero-order valence-corrected chi connectivity index (χ0v) is 35.8. The second kappa shape index (κ2) is 16.0.